The van der Waals surface area contributed by atoms with Crippen LogP contribution in [0.25, 0.3) is 0 Å². The zero-order valence-electron chi connectivity index (χ0n) is 40.0. The highest BCUT2D eigenvalue weighted by Crippen LogP contribution is 2.64. The van der Waals surface area contributed by atoms with Gasteiger partial charge < -0.3 is 0 Å². The standard InChI is InChI=1S/C54H112P/c1-6-9-12-15-18-21-24-27-30-33-36-39-42-45-48-51-55(54(4)5,52-49-46-43-40-37-34-31-28-25-22-19-16-13-10-7-2)53-50-47-44-41-38-35-32-29-26-23-20-17-14-11-8-3/h54H,6-53H2,1-5H3/q+1. The fourth-order valence-electron chi connectivity index (χ4n) is 9.50. The first-order valence-electron chi connectivity index (χ1n) is 27.0. The van der Waals surface area contributed by atoms with Crippen LogP contribution < -0.4 is 0 Å². The van der Waals surface area contributed by atoms with Gasteiger partial charge in [0.1, 0.15) is 0 Å². The molecule has 0 N–H and O–H groups in total. The van der Waals surface area contributed by atoms with Crippen molar-refractivity contribution >= 4 is 7.26 Å². The summed E-state index contributed by atoms with van der Waals surface area (Å²) in [5.41, 5.74) is 0.956. The molecule has 0 rings (SSSR count). The molecule has 0 aliphatic rings. The highest BCUT2D eigenvalue weighted by atomic mass is 31.2. The zero-order chi connectivity index (χ0) is 40.0. The summed E-state index contributed by atoms with van der Waals surface area (Å²) >= 11 is 0. The molecule has 1 heteroatoms. The van der Waals surface area contributed by atoms with Crippen LogP contribution in [0.1, 0.15) is 324 Å². The first-order valence-corrected chi connectivity index (χ1v) is 29.4. The zero-order valence-corrected chi connectivity index (χ0v) is 40.9. The van der Waals surface area contributed by atoms with Crippen LogP contribution in [0.5, 0.6) is 0 Å². The van der Waals surface area contributed by atoms with E-state index < -0.39 is 7.26 Å². The van der Waals surface area contributed by atoms with E-state index in [2.05, 4.69) is 34.6 Å². The molecule has 0 fully saturated rings. The second-order valence-electron chi connectivity index (χ2n) is 19.3. The van der Waals surface area contributed by atoms with Crippen molar-refractivity contribution in [1.82, 2.24) is 0 Å². The Morgan fingerprint density at radius 1 is 0.200 bits per heavy atom. The van der Waals surface area contributed by atoms with E-state index in [1.165, 1.54) is 270 Å². The maximum Gasteiger partial charge on any atom is 0.0641 e. The predicted molar refractivity (Wildman–Crippen MR) is 261 cm³/mol. The van der Waals surface area contributed by atoms with Crippen LogP contribution in [0.3, 0.4) is 0 Å². The summed E-state index contributed by atoms with van der Waals surface area (Å²) in [6.07, 6.45) is 71.7. The largest absolute Gasteiger partial charge is 0.0654 e. The summed E-state index contributed by atoms with van der Waals surface area (Å²) in [6, 6.07) is 0. The number of hydrogen-bond donors (Lipinski definition) is 0. The first-order chi connectivity index (χ1) is 27.1. The average molecular weight is 792 g/mol. The lowest BCUT2D eigenvalue weighted by Crippen LogP contribution is -2.18. The molecule has 0 nitrogen and oxygen atoms in total. The Kier molecular flexibility index (Phi) is 47.5. The molecule has 0 aliphatic carbocycles. The molecule has 55 heavy (non-hydrogen) atoms. The summed E-state index contributed by atoms with van der Waals surface area (Å²) in [6.45, 7) is 12.3. The lowest BCUT2D eigenvalue weighted by molar-refractivity contribution is 0.533. The molecule has 332 valence electrons. The topological polar surface area (TPSA) is 0 Å². The van der Waals surface area contributed by atoms with Crippen molar-refractivity contribution in [3.63, 3.8) is 0 Å². The third kappa shape index (κ3) is 41.0. The highest BCUT2D eigenvalue weighted by Gasteiger charge is 2.39. The van der Waals surface area contributed by atoms with Crippen molar-refractivity contribution in [3.05, 3.63) is 0 Å². The number of hydrogen-bond acceptors (Lipinski definition) is 0. The minimum Gasteiger partial charge on any atom is -0.0654 e. The Hall–Kier alpha value is 0.430. The molecule has 0 unspecified atom stereocenters. The van der Waals surface area contributed by atoms with Crippen LogP contribution in [0.15, 0.2) is 0 Å². The minimum atomic E-state index is -0.827. The van der Waals surface area contributed by atoms with Crippen LogP contribution in [0, 0.1) is 0 Å². The Labute approximate surface area is 353 Å². The summed E-state index contributed by atoms with van der Waals surface area (Å²) in [5.74, 6) is 0. The average Bonchev–Trinajstić information content (AvgIpc) is 3.18. The Morgan fingerprint density at radius 3 is 0.455 bits per heavy atom. The van der Waals surface area contributed by atoms with E-state index in [1.54, 1.807) is 37.7 Å². The summed E-state index contributed by atoms with van der Waals surface area (Å²) in [7, 11) is -0.827. The van der Waals surface area contributed by atoms with Crippen molar-refractivity contribution in [2.24, 2.45) is 0 Å². The van der Waals surface area contributed by atoms with Gasteiger partial charge in [0.25, 0.3) is 0 Å². The fraction of sp³-hybridized carbons (Fsp3) is 1.00. The molecule has 0 aliphatic heterocycles. The highest BCUT2D eigenvalue weighted by molar-refractivity contribution is 7.76. The maximum atomic E-state index is 2.65. The molecule has 0 amide bonds. The summed E-state index contributed by atoms with van der Waals surface area (Å²) in [4.78, 5) is 0. The molecule has 0 bridgehead atoms. The molecule has 0 spiro atoms. The van der Waals surface area contributed by atoms with E-state index in [4.69, 9.17) is 0 Å². The third-order valence-electron chi connectivity index (χ3n) is 13.7. The Morgan fingerprint density at radius 2 is 0.327 bits per heavy atom. The molecule has 0 aromatic carbocycles. The normalized spacial score (nSPS) is 12.1. The van der Waals surface area contributed by atoms with Gasteiger partial charge in [-0.25, -0.2) is 0 Å². The molecule has 0 saturated carbocycles. The number of unbranched alkanes of at least 4 members (excludes halogenated alkanes) is 42. The van der Waals surface area contributed by atoms with Crippen molar-refractivity contribution in [3.8, 4) is 0 Å². The minimum absolute atomic E-state index is 0.827. The van der Waals surface area contributed by atoms with Gasteiger partial charge in [0.05, 0.1) is 24.1 Å². The second kappa shape index (κ2) is 47.1. The molecule has 0 saturated heterocycles. The van der Waals surface area contributed by atoms with E-state index in [0.717, 1.165) is 5.66 Å². The lowest BCUT2D eigenvalue weighted by atomic mass is 10.0. The van der Waals surface area contributed by atoms with E-state index in [0.29, 0.717) is 0 Å². The van der Waals surface area contributed by atoms with E-state index >= 15 is 0 Å². The fourth-order valence-corrected chi connectivity index (χ4v) is 14.3. The molecule has 0 aromatic rings. The van der Waals surface area contributed by atoms with Crippen LogP contribution in [-0.2, 0) is 0 Å². The van der Waals surface area contributed by atoms with E-state index in [9.17, 15) is 0 Å². The summed E-state index contributed by atoms with van der Waals surface area (Å²) < 4.78 is 0. The van der Waals surface area contributed by atoms with Gasteiger partial charge in [-0.3, -0.25) is 0 Å². The van der Waals surface area contributed by atoms with Crippen molar-refractivity contribution in [2.45, 2.75) is 329 Å². The molecule has 0 radical (unpaired) electrons. The first kappa shape index (κ1) is 55.4. The van der Waals surface area contributed by atoms with Crippen LogP contribution in [0.2, 0.25) is 0 Å². The predicted octanol–water partition coefficient (Wildman–Crippen LogP) is 21.0. The Balaban J connectivity index is 4.33. The van der Waals surface area contributed by atoms with Crippen molar-refractivity contribution in [2.75, 3.05) is 18.5 Å². The quantitative estimate of drug-likeness (QED) is 0.0425. The Bertz CT molecular complexity index is 585. The van der Waals surface area contributed by atoms with Gasteiger partial charge in [0.15, 0.2) is 0 Å². The van der Waals surface area contributed by atoms with Gasteiger partial charge >= 0.3 is 0 Å². The van der Waals surface area contributed by atoms with Gasteiger partial charge in [-0.05, 0) is 52.4 Å². The lowest BCUT2D eigenvalue weighted by Gasteiger charge is -2.32. The van der Waals surface area contributed by atoms with E-state index in [1.807, 2.05) is 0 Å². The van der Waals surface area contributed by atoms with Gasteiger partial charge in [0.2, 0.25) is 0 Å². The SMILES string of the molecule is CCCCCCCCCCCCCCCCC[P+](CCCCCCCCCCCCCCCCC)(CCCCCCCCCCCCCCCCC)C(C)C. The third-order valence-corrected chi connectivity index (χ3v) is 19.5. The summed E-state index contributed by atoms with van der Waals surface area (Å²) in [5, 5.41) is 0. The van der Waals surface area contributed by atoms with Gasteiger partial charge in [0, 0.05) is 7.26 Å². The van der Waals surface area contributed by atoms with Gasteiger partial charge in [-0.1, -0.05) is 271 Å². The van der Waals surface area contributed by atoms with Crippen LogP contribution in [0.4, 0.5) is 0 Å². The maximum absolute atomic E-state index is 2.65. The second-order valence-corrected chi connectivity index (χ2v) is 24.1. The molecule has 0 aromatic heterocycles. The van der Waals surface area contributed by atoms with E-state index in [-0.39, 0.29) is 0 Å². The monoisotopic (exact) mass is 792 g/mol. The molecular weight excluding hydrogens is 680 g/mol. The molecule has 0 atom stereocenters. The van der Waals surface area contributed by atoms with Crippen molar-refractivity contribution < 1.29 is 0 Å². The number of rotatable bonds is 49. The van der Waals surface area contributed by atoms with Crippen molar-refractivity contribution in [1.29, 1.82) is 0 Å². The van der Waals surface area contributed by atoms with Gasteiger partial charge in [-0.15, -0.1) is 0 Å². The smallest absolute Gasteiger partial charge is 0.0641 e. The molecular formula is C54H112P+. The van der Waals surface area contributed by atoms with Crippen LogP contribution >= 0.6 is 7.26 Å². The van der Waals surface area contributed by atoms with Crippen LogP contribution in [-0.4, -0.2) is 24.1 Å². The van der Waals surface area contributed by atoms with Gasteiger partial charge in [-0.2, -0.15) is 0 Å². The molecule has 0 heterocycles.